The molecule has 0 aliphatic carbocycles. The highest BCUT2D eigenvalue weighted by atomic mass is 16.6. The molecule has 0 saturated heterocycles. The first-order chi connectivity index (χ1) is 9.69. The van der Waals surface area contributed by atoms with E-state index in [1.807, 2.05) is 13.8 Å². The van der Waals surface area contributed by atoms with Gasteiger partial charge < -0.3 is 14.8 Å². The SMILES string of the molecule is CCCOCCOc1ccc([N+](=O)[O-])cc1CNCC. The van der Waals surface area contributed by atoms with Crippen LogP contribution in [0.4, 0.5) is 5.69 Å². The maximum atomic E-state index is 10.8. The molecule has 0 atom stereocenters. The van der Waals surface area contributed by atoms with Crippen LogP contribution in [0.1, 0.15) is 25.8 Å². The maximum Gasteiger partial charge on any atom is 0.270 e. The molecule has 0 aliphatic rings. The normalized spacial score (nSPS) is 10.5. The third kappa shape index (κ3) is 5.54. The number of nitro groups is 1. The van der Waals surface area contributed by atoms with Gasteiger partial charge in [-0.15, -0.1) is 0 Å². The first-order valence-electron chi connectivity index (χ1n) is 6.87. The molecule has 0 spiro atoms. The summed E-state index contributed by atoms with van der Waals surface area (Å²) in [6.45, 7) is 7.05. The van der Waals surface area contributed by atoms with E-state index in [0.29, 0.717) is 32.1 Å². The summed E-state index contributed by atoms with van der Waals surface area (Å²) < 4.78 is 11.0. The van der Waals surface area contributed by atoms with Crippen molar-refractivity contribution in [3.8, 4) is 5.75 Å². The smallest absolute Gasteiger partial charge is 0.270 e. The van der Waals surface area contributed by atoms with Crippen molar-refractivity contribution in [1.29, 1.82) is 0 Å². The van der Waals surface area contributed by atoms with Gasteiger partial charge in [0.15, 0.2) is 0 Å². The van der Waals surface area contributed by atoms with Gasteiger partial charge in [0, 0.05) is 30.8 Å². The fraction of sp³-hybridized carbons (Fsp3) is 0.571. The number of hydrogen-bond donors (Lipinski definition) is 1. The summed E-state index contributed by atoms with van der Waals surface area (Å²) in [5, 5.41) is 13.9. The molecule has 0 aliphatic heterocycles. The Morgan fingerprint density at radius 2 is 2.05 bits per heavy atom. The molecule has 1 aromatic carbocycles. The molecule has 0 saturated carbocycles. The molecule has 0 radical (unpaired) electrons. The number of hydrogen-bond acceptors (Lipinski definition) is 5. The highest BCUT2D eigenvalue weighted by Gasteiger charge is 2.11. The molecule has 20 heavy (non-hydrogen) atoms. The average molecular weight is 282 g/mol. The second-order valence-corrected chi connectivity index (χ2v) is 4.29. The highest BCUT2D eigenvalue weighted by molar-refractivity contribution is 5.43. The van der Waals surface area contributed by atoms with E-state index in [9.17, 15) is 10.1 Å². The van der Waals surface area contributed by atoms with E-state index in [2.05, 4.69) is 5.32 Å². The van der Waals surface area contributed by atoms with Gasteiger partial charge in [0.25, 0.3) is 5.69 Å². The minimum Gasteiger partial charge on any atom is -0.491 e. The number of nitrogens with zero attached hydrogens (tertiary/aromatic N) is 1. The van der Waals surface area contributed by atoms with Crippen molar-refractivity contribution >= 4 is 5.69 Å². The summed E-state index contributed by atoms with van der Waals surface area (Å²) in [4.78, 5) is 10.4. The van der Waals surface area contributed by atoms with Crippen LogP contribution in [-0.2, 0) is 11.3 Å². The summed E-state index contributed by atoms with van der Waals surface area (Å²) in [7, 11) is 0. The number of non-ortho nitro benzene ring substituents is 1. The van der Waals surface area contributed by atoms with Gasteiger partial charge in [0.05, 0.1) is 11.5 Å². The minimum absolute atomic E-state index is 0.0764. The van der Waals surface area contributed by atoms with Crippen LogP contribution >= 0.6 is 0 Å². The Balaban J connectivity index is 2.64. The van der Waals surface area contributed by atoms with E-state index in [4.69, 9.17) is 9.47 Å². The van der Waals surface area contributed by atoms with Crippen LogP contribution in [-0.4, -0.2) is 31.3 Å². The van der Waals surface area contributed by atoms with Crippen molar-refractivity contribution < 1.29 is 14.4 Å². The first-order valence-corrected chi connectivity index (χ1v) is 6.87. The number of rotatable bonds is 10. The van der Waals surface area contributed by atoms with Gasteiger partial charge in [0.2, 0.25) is 0 Å². The fourth-order valence-corrected chi connectivity index (χ4v) is 1.67. The topological polar surface area (TPSA) is 73.6 Å². The van der Waals surface area contributed by atoms with Crippen molar-refractivity contribution in [1.82, 2.24) is 5.32 Å². The van der Waals surface area contributed by atoms with Gasteiger partial charge in [-0.2, -0.15) is 0 Å². The molecule has 0 aromatic heterocycles. The van der Waals surface area contributed by atoms with E-state index in [-0.39, 0.29) is 5.69 Å². The Hall–Kier alpha value is -1.66. The second kappa shape index (κ2) is 9.28. The molecule has 1 rings (SSSR count). The predicted octanol–water partition coefficient (Wildman–Crippen LogP) is 2.51. The fourth-order valence-electron chi connectivity index (χ4n) is 1.67. The number of ether oxygens (including phenoxy) is 2. The second-order valence-electron chi connectivity index (χ2n) is 4.29. The number of nitro benzene ring substituents is 1. The first kappa shape index (κ1) is 16.4. The number of nitrogens with one attached hydrogen (secondary N) is 1. The highest BCUT2D eigenvalue weighted by Crippen LogP contribution is 2.24. The van der Waals surface area contributed by atoms with Crippen LogP contribution in [0.2, 0.25) is 0 Å². The van der Waals surface area contributed by atoms with Crippen molar-refractivity contribution in [3.63, 3.8) is 0 Å². The zero-order chi connectivity index (χ0) is 14.8. The van der Waals surface area contributed by atoms with Gasteiger partial charge in [-0.05, 0) is 19.0 Å². The van der Waals surface area contributed by atoms with E-state index >= 15 is 0 Å². The van der Waals surface area contributed by atoms with Crippen molar-refractivity contribution in [2.75, 3.05) is 26.4 Å². The predicted molar refractivity (Wildman–Crippen MR) is 77.1 cm³/mol. The van der Waals surface area contributed by atoms with Crippen LogP contribution in [0.25, 0.3) is 0 Å². The maximum absolute atomic E-state index is 10.8. The van der Waals surface area contributed by atoms with Crippen LogP contribution < -0.4 is 10.1 Å². The zero-order valence-electron chi connectivity index (χ0n) is 12.1. The quantitative estimate of drug-likeness (QED) is 0.405. The van der Waals surface area contributed by atoms with Crippen molar-refractivity contribution in [2.45, 2.75) is 26.8 Å². The van der Waals surface area contributed by atoms with Crippen LogP contribution in [0, 0.1) is 10.1 Å². The van der Waals surface area contributed by atoms with Crippen LogP contribution in [0.15, 0.2) is 18.2 Å². The third-order valence-corrected chi connectivity index (χ3v) is 2.65. The van der Waals surface area contributed by atoms with E-state index in [0.717, 1.165) is 18.5 Å². The lowest BCUT2D eigenvalue weighted by Crippen LogP contribution is -2.14. The van der Waals surface area contributed by atoms with E-state index < -0.39 is 4.92 Å². The standard InChI is InChI=1S/C14H22N2O4/c1-3-7-19-8-9-20-14-6-5-13(16(17)18)10-12(14)11-15-4-2/h5-6,10,15H,3-4,7-9,11H2,1-2H3. The summed E-state index contributed by atoms with van der Waals surface area (Å²) in [6, 6.07) is 4.65. The summed E-state index contributed by atoms with van der Waals surface area (Å²) in [5.41, 5.74) is 0.865. The molecule has 1 aromatic rings. The minimum atomic E-state index is -0.399. The molecule has 0 heterocycles. The molecular formula is C14H22N2O4. The average Bonchev–Trinajstić information content (AvgIpc) is 2.45. The third-order valence-electron chi connectivity index (χ3n) is 2.65. The lowest BCUT2D eigenvalue weighted by atomic mass is 10.1. The molecular weight excluding hydrogens is 260 g/mol. The number of benzene rings is 1. The van der Waals surface area contributed by atoms with E-state index in [1.165, 1.54) is 6.07 Å². The molecule has 0 unspecified atom stereocenters. The van der Waals surface area contributed by atoms with Crippen molar-refractivity contribution in [2.24, 2.45) is 0 Å². The molecule has 6 heteroatoms. The van der Waals surface area contributed by atoms with Crippen LogP contribution in [0.5, 0.6) is 5.75 Å². The molecule has 0 bridgehead atoms. The van der Waals surface area contributed by atoms with Gasteiger partial charge in [-0.1, -0.05) is 13.8 Å². The molecule has 0 amide bonds. The molecule has 0 fully saturated rings. The Morgan fingerprint density at radius 3 is 2.70 bits per heavy atom. The Bertz CT molecular complexity index is 424. The summed E-state index contributed by atoms with van der Waals surface area (Å²) >= 11 is 0. The Labute approximate surface area is 119 Å². The lowest BCUT2D eigenvalue weighted by Gasteiger charge is -2.12. The monoisotopic (exact) mass is 282 g/mol. The summed E-state index contributed by atoms with van der Waals surface area (Å²) in [6.07, 6.45) is 0.975. The van der Waals surface area contributed by atoms with Gasteiger partial charge in [-0.3, -0.25) is 10.1 Å². The van der Waals surface area contributed by atoms with Gasteiger partial charge >= 0.3 is 0 Å². The largest absolute Gasteiger partial charge is 0.491 e. The molecule has 1 N–H and O–H groups in total. The van der Waals surface area contributed by atoms with Crippen LogP contribution in [0.3, 0.4) is 0 Å². The Kier molecular flexibility index (Phi) is 7.60. The van der Waals surface area contributed by atoms with Crippen molar-refractivity contribution in [3.05, 3.63) is 33.9 Å². The Morgan fingerprint density at radius 1 is 1.25 bits per heavy atom. The summed E-state index contributed by atoms with van der Waals surface area (Å²) in [5.74, 6) is 0.664. The van der Waals surface area contributed by atoms with Gasteiger partial charge in [-0.25, -0.2) is 0 Å². The van der Waals surface area contributed by atoms with E-state index in [1.54, 1.807) is 12.1 Å². The molecule has 112 valence electrons. The zero-order valence-corrected chi connectivity index (χ0v) is 12.1. The van der Waals surface area contributed by atoms with Gasteiger partial charge in [0.1, 0.15) is 12.4 Å². The molecule has 6 nitrogen and oxygen atoms in total. The lowest BCUT2D eigenvalue weighted by molar-refractivity contribution is -0.384.